The van der Waals surface area contributed by atoms with E-state index in [2.05, 4.69) is 4.18 Å². The smallest absolute Gasteiger partial charge is 0.726 e. The maximum absolute atomic E-state index is 12.5. The van der Waals surface area contributed by atoms with Crippen LogP contribution in [0.15, 0.2) is 48.5 Å². The van der Waals surface area contributed by atoms with E-state index >= 15 is 0 Å². The normalized spacial score (nSPS) is 12.8. The fraction of sp³-hybridized carbons (Fsp3) is 0.250. The van der Waals surface area contributed by atoms with Crippen molar-refractivity contribution in [3.05, 3.63) is 54.1 Å². The van der Waals surface area contributed by atoms with E-state index in [0.717, 1.165) is 12.1 Å². The predicted octanol–water partition coefficient (Wildman–Crippen LogP) is 0.746. The van der Waals surface area contributed by atoms with Gasteiger partial charge >= 0.3 is 35.7 Å². The number of rotatable bonds is 7. The van der Waals surface area contributed by atoms with Crippen LogP contribution < -0.4 is 39.0 Å². The van der Waals surface area contributed by atoms with E-state index in [1.165, 1.54) is 43.3 Å². The molecule has 6 nitrogen and oxygen atoms in total. The maximum Gasteiger partial charge on any atom is 1.00 e. The van der Waals surface area contributed by atoms with E-state index in [1.54, 1.807) is 0 Å². The van der Waals surface area contributed by atoms with Gasteiger partial charge in [-0.15, -0.1) is 0 Å². The van der Waals surface area contributed by atoms with Gasteiger partial charge in [0, 0.05) is 0 Å². The van der Waals surface area contributed by atoms with Crippen molar-refractivity contribution in [2.45, 2.75) is 19.2 Å². The molecule has 0 aliphatic carbocycles. The molecule has 0 bridgehead atoms. The third-order valence-electron chi connectivity index (χ3n) is 3.03. The summed E-state index contributed by atoms with van der Waals surface area (Å²) in [7, 11) is -4.79. The van der Waals surface area contributed by atoms with Gasteiger partial charge in [-0.2, -0.15) is 13.2 Å². The van der Waals surface area contributed by atoms with Crippen molar-refractivity contribution >= 4 is 10.4 Å². The third-order valence-corrected chi connectivity index (χ3v) is 3.45. The summed E-state index contributed by atoms with van der Waals surface area (Å²) in [6.45, 7) is 1.08. The van der Waals surface area contributed by atoms with Gasteiger partial charge in [0.2, 0.25) is 10.4 Å². The van der Waals surface area contributed by atoms with Crippen LogP contribution in [0.2, 0.25) is 0 Å². The Morgan fingerprint density at radius 3 is 1.85 bits per heavy atom. The number of hydrogen-bond donors (Lipinski definition) is 0. The Balaban J connectivity index is 0.00000364. The van der Waals surface area contributed by atoms with E-state index in [4.69, 9.17) is 9.47 Å². The Hall–Kier alpha value is -1.30. The fourth-order valence-electron chi connectivity index (χ4n) is 1.88. The number of benzene rings is 2. The minimum Gasteiger partial charge on any atom is -0.726 e. The van der Waals surface area contributed by atoms with Crippen LogP contribution in [0.4, 0.5) is 13.2 Å². The summed E-state index contributed by atoms with van der Waals surface area (Å²) in [6, 6.07) is 10.3. The number of hydrogen-bond acceptors (Lipinski definition) is 6. The van der Waals surface area contributed by atoms with Gasteiger partial charge in [-0.25, -0.2) is 8.42 Å². The molecule has 1 unspecified atom stereocenters. The van der Waals surface area contributed by atoms with Gasteiger partial charge in [0.05, 0.1) is 5.56 Å². The standard InChI is InChI=1S/C16H15F3O6S.Na/c1-11(10-23-26(20,21)22)24-13-6-8-15(9-7-13)25-14-4-2-12(3-5-14)16(17,18)19;/h2-9,11H,10H2,1H3,(H,20,21,22);/q;+1/p-1. The van der Waals surface area contributed by atoms with Gasteiger partial charge in [-0.3, -0.25) is 4.18 Å². The first-order valence-electron chi connectivity index (χ1n) is 7.25. The van der Waals surface area contributed by atoms with Crippen molar-refractivity contribution in [2.24, 2.45) is 0 Å². The molecule has 2 aromatic carbocycles. The summed E-state index contributed by atoms with van der Waals surface area (Å²) in [4.78, 5) is 0. The van der Waals surface area contributed by atoms with Crippen LogP contribution in [-0.4, -0.2) is 25.7 Å². The maximum atomic E-state index is 12.5. The second-order valence-corrected chi connectivity index (χ2v) is 6.27. The third kappa shape index (κ3) is 8.50. The molecule has 0 aliphatic heterocycles. The second-order valence-electron chi connectivity index (χ2n) is 5.22. The summed E-state index contributed by atoms with van der Waals surface area (Å²) in [5, 5.41) is 0. The average Bonchev–Trinajstić information content (AvgIpc) is 2.54. The van der Waals surface area contributed by atoms with Crippen LogP contribution in [0, 0.1) is 0 Å². The van der Waals surface area contributed by atoms with Crippen LogP contribution in [0.1, 0.15) is 12.5 Å². The van der Waals surface area contributed by atoms with Gasteiger partial charge in [0.15, 0.2) is 0 Å². The zero-order valence-electron chi connectivity index (χ0n) is 14.4. The van der Waals surface area contributed by atoms with Gasteiger partial charge in [-0.1, -0.05) is 0 Å². The zero-order chi connectivity index (χ0) is 19.4. The SMILES string of the molecule is CC(COS(=O)(=O)[O-])Oc1ccc(Oc2ccc(C(F)(F)F)cc2)cc1.[Na+]. The van der Waals surface area contributed by atoms with Crippen LogP contribution in [0.3, 0.4) is 0 Å². The van der Waals surface area contributed by atoms with E-state index < -0.39 is 34.8 Å². The zero-order valence-corrected chi connectivity index (χ0v) is 17.2. The van der Waals surface area contributed by atoms with Gasteiger partial charge in [-0.05, 0) is 55.5 Å². The van der Waals surface area contributed by atoms with Crippen LogP contribution in [0.5, 0.6) is 17.2 Å². The molecule has 2 rings (SSSR count). The Morgan fingerprint density at radius 1 is 0.963 bits per heavy atom. The Bertz CT molecular complexity index is 823. The molecule has 0 saturated heterocycles. The van der Waals surface area contributed by atoms with Crippen molar-refractivity contribution in [1.82, 2.24) is 0 Å². The second kappa shape index (κ2) is 9.76. The minimum absolute atomic E-state index is 0. The van der Waals surface area contributed by atoms with Crippen molar-refractivity contribution in [2.75, 3.05) is 6.61 Å². The number of alkyl halides is 3. The van der Waals surface area contributed by atoms with Crippen molar-refractivity contribution in [3.63, 3.8) is 0 Å². The molecule has 11 heteroatoms. The Kier molecular flexibility index (Phi) is 8.58. The van der Waals surface area contributed by atoms with Crippen molar-refractivity contribution < 1.29 is 69.4 Å². The molecule has 2 aromatic rings. The fourth-order valence-corrected chi connectivity index (χ4v) is 2.24. The first kappa shape index (κ1) is 23.7. The van der Waals surface area contributed by atoms with Gasteiger partial charge < -0.3 is 14.0 Å². The van der Waals surface area contributed by atoms with Gasteiger partial charge in [0.1, 0.15) is 30.0 Å². The van der Waals surface area contributed by atoms with E-state index in [1.807, 2.05) is 0 Å². The predicted molar refractivity (Wildman–Crippen MR) is 83.7 cm³/mol. The minimum atomic E-state index is -4.79. The molecule has 0 saturated carbocycles. The first-order chi connectivity index (χ1) is 12.0. The molecular formula is C16H14F3NaO6S. The largest absolute Gasteiger partial charge is 1.00 e. The summed E-state index contributed by atoms with van der Waals surface area (Å²) >= 11 is 0. The Labute approximate surface area is 176 Å². The first-order valence-corrected chi connectivity index (χ1v) is 8.58. The molecule has 0 aromatic heterocycles. The Morgan fingerprint density at radius 2 is 1.41 bits per heavy atom. The van der Waals surface area contributed by atoms with E-state index in [0.29, 0.717) is 11.5 Å². The van der Waals surface area contributed by atoms with Crippen LogP contribution in [-0.2, 0) is 20.8 Å². The molecule has 0 fully saturated rings. The van der Waals surface area contributed by atoms with Crippen molar-refractivity contribution in [3.8, 4) is 17.2 Å². The average molecular weight is 414 g/mol. The molecule has 0 aliphatic rings. The molecule has 0 spiro atoms. The molecular weight excluding hydrogens is 400 g/mol. The quantitative estimate of drug-likeness (QED) is 0.378. The molecule has 0 N–H and O–H groups in total. The number of halogens is 3. The molecule has 0 radical (unpaired) electrons. The molecule has 1 atom stereocenters. The summed E-state index contributed by atoms with van der Waals surface area (Å²) in [5.74, 6) is 0.960. The summed E-state index contributed by atoms with van der Waals surface area (Å²) in [6.07, 6.45) is -5.11. The number of ether oxygens (including phenoxy) is 2. The van der Waals surface area contributed by atoms with Crippen LogP contribution in [0.25, 0.3) is 0 Å². The van der Waals surface area contributed by atoms with E-state index in [9.17, 15) is 26.1 Å². The summed E-state index contributed by atoms with van der Waals surface area (Å²) in [5.41, 5.74) is -0.773. The molecule has 0 amide bonds. The monoisotopic (exact) mass is 414 g/mol. The molecule has 0 heterocycles. The van der Waals surface area contributed by atoms with Gasteiger partial charge in [0.25, 0.3) is 0 Å². The topological polar surface area (TPSA) is 84.9 Å². The molecule has 27 heavy (non-hydrogen) atoms. The van der Waals surface area contributed by atoms with Crippen molar-refractivity contribution in [1.29, 1.82) is 0 Å². The van der Waals surface area contributed by atoms with Crippen LogP contribution >= 0.6 is 0 Å². The summed E-state index contributed by atoms with van der Waals surface area (Å²) < 4.78 is 83.5. The molecule has 142 valence electrons. The van der Waals surface area contributed by atoms with E-state index in [-0.39, 0.29) is 35.3 Å².